The lowest BCUT2D eigenvalue weighted by Crippen LogP contribution is -2.43. The summed E-state index contributed by atoms with van der Waals surface area (Å²) < 4.78 is 38.3. The molecular formula is C12H16F3N3O. The van der Waals surface area contributed by atoms with Crippen LogP contribution in [0.1, 0.15) is 12.0 Å². The van der Waals surface area contributed by atoms with Gasteiger partial charge >= 0.3 is 6.18 Å². The van der Waals surface area contributed by atoms with Gasteiger partial charge in [-0.3, -0.25) is 0 Å². The Kier molecular flexibility index (Phi) is 4.26. The van der Waals surface area contributed by atoms with E-state index >= 15 is 0 Å². The zero-order chi connectivity index (χ0) is 13.9. The number of β-amino-alcohol motifs (C(OH)–C–C–N with tert-alkyl or cyclic N) is 1. The molecule has 0 bridgehead atoms. The second-order valence-corrected chi connectivity index (χ2v) is 4.60. The van der Waals surface area contributed by atoms with Gasteiger partial charge in [-0.1, -0.05) is 0 Å². The van der Waals surface area contributed by atoms with Crippen LogP contribution >= 0.6 is 0 Å². The molecule has 2 atom stereocenters. The number of anilines is 1. The van der Waals surface area contributed by atoms with Crippen molar-refractivity contribution >= 4 is 5.82 Å². The number of piperidine rings is 1. The minimum absolute atomic E-state index is 0.0654. The maximum Gasteiger partial charge on any atom is 0.419 e. The van der Waals surface area contributed by atoms with Crippen molar-refractivity contribution in [3.63, 3.8) is 0 Å². The van der Waals surface area contributed by atoms with Crippen molar-refractivity contribution in [2.45, 2.75) is 18.7 Å². The number of aromatic nitrogens is 1. The summed E-state index contributed by atoms with van der Waals surface area (Å²) in [6.45, 7) is 1.52. The summed E-state index contributed by atoms with van der Waals surface area (Å²) in [6.07, 6.45) is -2.93. The predicted molar refractivity (Wildman–Crippen MR) is 64.7 cm³/mol. The molecule has 2 rings (SSSR count). The second-order valence-electron chi connectivity index (χ2n) is 4.60. The van der Waals surface area contributed by atoms with Gasteiger partial charge in [0, 0.05) is 25.2 Å². The molecule has 0 aromatic carbocycles. The van der Waals surface area contributed by atoms with E-state index in [1.807, 2.05) is 0 Å². The predicted octanol–water partition coefficient (Wildman–Crippen LogP) is 1.48. The van der Waals surface area contributed by atoms with Crippen molar-refractivity contribution in [1.82, 2.24) is 10.3 Å². The van der Waals surface area contributed by atoms with E-state index in [0.717, 1.165) is 19.0 Å². The molecule has 0 spiro atoms. The van der Waals surface area contributed by atoms with Gasteiger partial charge < -0.3 is 15.7 Å². The molecule has 1 aliphatic heterocycles. The van der Waals surface area contributed by atoms with E-state index in [-0.39, 0.29) is 18.3 Å². The molecule has 0 aliphatic carbocycles. The molecule has 1 aromatic rings. The summed E-state index contributed by atoms with van der Waals surface area (Å²) in [5.41, 5.74) is -0.779. The van der Waals surface area contributed by atoms with E-state index in [0.29, 0.717) is 6.54 Å². The largest absolute Gasteiger partial charge is 0.419 e. The summed E-state index contributed by atoms with van der Waals surface area (Å²) in [4.78, 5) is 3.73. The van der Waals surface area contributed by atoms with Crippen LogP contribution < -0.4 is 10.6 Å². The van der Waals surface area contributed by atoms with Gasteiger partial charge in [-0.05, 0) is 25.1 Å². The second kappa shape index (κ2) is 5.75. The Hall–Kier alpha value is -1.34. The molecule has 19 heavy (non-hydrogen) atoms. The number of hydrogen-bond acceptors (Lipinski definition) is 4. The summed E-state index contributed by atoms with van der Waals surface area (Å²) in [6, 6.07) is 2.25. The Morgan fingerprint density at radius 2 is 2.26 bits per heavy atom. The monoisotopic (exact) mass is 275 g/mol. The number of nitrogens with zero attached hydrogens (tertiary/aromatic N) is 1. The van der Waals surface area contributed by atoms with Crippen molar-refractivity contribution in [3.8, 4) is 0 Å². The van der Waals surface area contributed by atoms with Crippen molar-refractivity contribution in [3.05, 3.63) is 23.9 Å². The Balaban J connectivity index is 2.03. The van der Waals surface area contributed by atoms with Crippen molar-refractivity contribution in [1.29, 1.82) is 0 Å². The van der Waals surface area contributed by atoms with Gasteiger partial charge in [0.05, 0.1) is 11.7 Å². The van der Waals surface area contributed by atoms with Gasteiger partial charge in [0.15, 0.2) is 0 Å². The van der Waals surface area contributed by atoms with Crippen molar-refractivity contribution in [2.75, 3.05) is 25.0 Å². The molecule has 0 radical (unpaired) electrons. The van der Waals surface area contributed by atoms with Crippen LogP contribution in [0.2, 0.25) is 0 Å². The third-order valence-electron chi connectivity index (χ3n) is 3.23. The van der Waals surface area contributed by atoms with E-state index in [1.54, 1.807) is 0 Å². The van der Waals surface area contributed by atoms with Gasteiger partial charge in [0.1, 0.15) is 5.82 Å². The highest BCUT2D eigenvalue weighted by atomic mass is 19.4. The third-order valence-corrected chi connectivity index (χ3v) is 3.23. The van der Waals surface area contributed by atoms with E-state index in [4.69, 9.17) is 0 Å². The fraction of sp³-hybridized carbons (Fsp3) is 0.583. The lowest BCUT2D eigenvalue weighted by molar-refractivity contribution is -0.137. The average molecular weight is 275 g/mol. The van der Waals surface area contributed by atoms with Crippen LogP contribution in [0.25, 0.3) is 0 Å². The first kappa shape index (κ1) is 14.1. The fourth-order valence-electron chi connectivity index (χ4n) is 2.14. The summed E-state index contributed by atoms with van der Waals surface area (Å²) in [5.74, 6) is -0.245. The Bertz CT molecular complexity index is 425. The number of alkyl halides is 3. The highest BCUT2D eigenvalue weighted by molar-refractivity contribution is 5.45. The molecule has 1 saturated heterocycles. The quantitative estimate of drug-likeness (QED) is 0.782. The fourth-order valence-corrected chi connectivity index (χ4v) is 2.14. The van der Waals surface area contributed by atoms with Crippen LogP contribution in [0.3, 0.4) is 0 Å². The molecular weight excluding hydrogens is 259 g/mol. The van der Waals surface area contributed by atoms with Gasteiger partial charge in [0.2, 0.25) is 0 Å². The average Bonchev–Trinajstić information content (AvgIpc) is 2.37. The minimum atomic E-state index is -4.43. The smallest absolute Gasteiger partial charge is 0.391 e. The number of hydrogen-bond donors (Lipinski definition) is 3. The number of aliphatic hydroxyl groups is 1. The Morgan fingerprint density at radius 1 is 1.47 bits per heavy atom. The molecule has 1 fully saturated rings. The lowest BCUT2D eigenvalue weighted by atomic mass is 9.95. The first-order valence-electron chi connectivity index (χ1n) is 6.13. The maximum absolute atomic E-state index is 12.8. The molecule has 106 valence electrons. The van der Waals surface area contributed by atoms with E-state index in [1.165, 1.54) is 12.3 Å². The van der Waals surface area contributed by atoms with Crippen molar-refractivity contribution in [2.24, 2.45) is 5.92 Å². The summed E-state index contributed by atoms with van der Waals surface area (Å²) in [5, 5.41) is 15.5. The van der Waals surface area contributed by atoms with Crippen LogP contribution in [0.5, 0.6) is 0 Å². The van der Waals surface area contributed by atoms with Crippen LogP contribution in [-0.2, 0) is 6.18 Å². The molecule has 3 N–H and O–H groups in total. The zero-order valence-electron chi connectivity index (χ0n) is 10.2. The number of pyridine rings is 1. The number of halogens is 3. The molecule has 1 aromatic heterocycles. The van der Waals surface area contributed by atoms with Crippen LogP contribution in [0.4, 0.5) is 19.0 Å². The number of nitrogens with one attached hydrogen (secondary N) is 2. The van der Waals surface area contributed by atoms with Crippen molar-refractivity contribution < 1.29 is 18.3 Å². The SMILES string of the molecule is O[C@@H]1CNCC[C@H]1CNc1ncccc1C(F)(F)F. The Labute approximate surface area is 109 Å². The highest BCUT2D eigenvalue weighted by Gasteiger charge is 2.34. The molecule has 0 amide bonds. The third kappa shape index (κ3) is 3.57. The first-order chi connectivity index (χ1) is 8.98. The summed E-state index contributed by atoms with van der Waals surface area (Å²) >= 11 is 0. The van der Waals surface area contributed by atoms with Crippen LogP contribution in [-0.4, -0.2) is 35.8 Å². The van der Waals surface area contributed by atoms with Crippen LogP contribution in [0.15, 0.2) is 18.3 Å². The molecule has 4 nitrogen and oxygen atoms in total. The highest BCUT2D eigenvalue weighted by Crippen LogP contribution is 2.33. The van der Waals surface area contributed by atoms with E-state index in [9.17, 15) is 18.3 Å². The standard InChI is InChI=1S/C12H16F3N3O/c13-12(14,15)9-2-1-4-17-11(9)18-6-8-3-5-16-7-10(8)19/h1-2,4,8,10,16,19H,3,5-7H2,(H,17,18)/t8-,10+/m0/s1. The molecule has 7 heteroatoms. The zero-order valence-corrected chi connectivity index (χ0v) is 10.2. The van der Waals surface area contributed by atoms with Gasteiger partial charge in [-0.2, -0.15) is 13.2 Å². The molecule has 2 heterocycles. The molecule has 1 aliphatic rings. The van der Waals surface area contributed by atoms with Gasteiger partial charge in [0.25, 0.3) is 0 Å². The number of aliphatic hydroxyl groups excluding tert-OH is 1. The summed E-state index contributed by atoms with van der Waals surface area (Å²) in [7, 11) is 0. The van der Waals surface area contributed by atoms with Gasteiger partial charge in [-0.15, -0.1) is 0 Å². The number of rotatable bonds is 3. The first-order valence-corrected chi connectivity index (χ1v) is 6.13. The van der Waals surface area contributed by atoms with E-state index < -0.39 is 17.8 Å². The lowest BCUT2D eigenvalue weighted by Gasteiger charge is -2.28. The molecule has 0 saturated carbocycles. The van der Waals surface area contributed by atoms with Crippen LogP contribution in [0, 0.1) is 5.92 Å². The topological polar surface area (TPSA) is 57.2 Å². The molecule has 0 unspecified atom stereocenters. The maximum atomic E-state index is 12.8. The normalized spacial score (nSPS) is 24.2. The Morgan fingerprint density at radius 3 is 2.95 bits per heavy atom. The van der Waals surface area contributed by atoms with E-state index in [2.05, 4.69) is 15.6 Å². The van der Waals surface area contributed by atoms with Gasteiger partial charge in [-0.25, -0.2) is 4.98 Å². The minimum Gasteiger partial charge on any atom is -0.391 e.